The highest BCUT2D eigenvalue weighted by Crippen LogP contribution is 2.29. The average molecular weight is 572 g/mol. The fraction of sp³-hybridized carbons (Fsp3) is 0.286. The third-order valence-corrected chi connectivity index (χ3v) is 7.01. The van der Waals surface area contributed by atoms with E-state index in [4.69, 9.17) is 11.6 Å². The van der Waals surface area contributed by atoms with E-state index in [9.17, 15) is 13.6 Å². The van der Waals surface area contributed by atoms with Gasteiger partial charge in [0.1, 0.15) is 17.1 Å². The SMILES string of the molecule is CCc1nc2ccc(Cl)cn2c1C(=O)NCc1cccc(N2CCN(c3ccc(OC(F)(F)P)cc3)CC2)c1. The molecule has 0 aliphatic carbocycles. The minimum absolute atomic E-state index is 0.123. The zero-order valence-electron chi connectivity index (χ0n) is 21.4. The molecule has 0 radical (unpaired) electrons. The summed E-state index contributed by atoms with van der Waals surface area (Å²) in [5.41, 5.74) is 4.97. The minimum atomic E-state index is -3.29. The summed E-state index contributed by atoms with van der Waals surface area (Å²) in [5.74, 6) is -3.36. The van der Waals surface area contributed by atoms with Crippen LogP contribution in [-0.2, 0) is 13.0 Å². The molecule has 0 saturated carbocycles. The van der Waals surface area contributed by atoms with Crippen molar-refractivity contribution in [2.24, 2.45) is 0 Å². The molecule has 204 valence electrons. The number of carbonyl (C=O) groups excluding carboxylic acids is 1. The summed E-state index contributed by atoms with van der Waals surface area (Å²) in [5, 5.41) is 3.57. The van der Waals surface area contributed by atoms with Crippen LogP contribution >= 0.6 is 20.8 Å². The maximum Gasteiger partial charge on any atom is 0.408 e. The molecule has 11 heteroatoms. The monoisotopic (exact) mass is 571 g/mol. The molecule has 1 saturated heterocycles. The van der Waals surface area contributed by atoms with Gasteiger partial charge in [-0.25, -0.2) is 4.98 Å². The van der Waals surface area contributed by atoms with Gasteiger partial charge in [0.2, 0.25) is 0 Å². The van der Waals surface area contributed by atoms with E-state index >= 15 is 0 Å². The lowest BCUT2D eigenvalue weighted by Gasteiger charge is -2.37. The van der Waals surface area contributed by atoms with Gasteiger partial charge in [-0.3, -0.25) is 9.20 Å². The second-order valence-electron chi connectivity index (χ2n) is 9.32. The first-order valence-electron chi connectivity index (χ1n) is 12.7. The van der Waals surface area contributed by atoms with Crippen LogP contribution in [0.2, 0.25) is 5.02 Å². The largest absolute Gasteiger partial charge is 0.430 e. The highest BCUT2D eigenvalue weighted by molar-refractivity contribution is 7.17. The molecule has 2 aromatic heterocycles. The Bertz CT molecular complexity index is 1470. The molecule has 1 fully saturated rings. The van der Waals surface area contributed by atoms with Crippen LogP contribution in [0.15, 0.2) is 66.9 Å². The van der Waals surface area contributed by atoms with Crippen LogP contribution in [0.4, 0.5) is 20.2 Å². The Hall–Kier alpha value is -3.42. The quantitative estimate of drug-likeness (QED) is 0.279. The van der Waals surface area contributed by atoms with Gasteiger partial charge >= 0.3 is 5.85 Å². The van der Waals surface area contributed by atoms with Crippen molar-refractivity contribution in [3.8, 4) is 5.75 Å². The van der Waals surface area contributed by atoms with Gasteiger partial charge in [0.25, 0.3) is 5.91 Å². The number of fused-ring (bicyclic) bond motifs is 1. The van der Waals surface area contributed by atoms with Gasteiger partial charge in [-0.1, -0.05) is 30.7 Å². The van der Waals surface area contributed by atoms with Crippen molar-refractivity contribution in [2.75, 3.05) is 36.0 Å². The van der Waals surface area contributed by atoms with E-state index in [1.165, 1.54) is 9.24 Å². The molecule has 1 atom stereocenters. The number of pyridine rings is 1. The third kappa shape index (κ3) is 6.43. The number of ether oxygens (including phenoxy) is 1. The number of nitrogens with one attached hydrogen (secondary N) is 1. The van der Waals surface area contributed by atoms with E-state index in [0.29, 0.717) is 29.3 Å². The Kier molecular flexibility index (Phi) is 7.91. The zero-order valence-corrected chi connectivity index (χ0v) is 23.3. The van der Waals surface area contributed by atoms with Crippen molar-refractivity contribution >= 4 is 43.8 Å². The molecule has 5 rings (SSSR count). The lowest BCUT2D eigenvalue weighted by Crippen LogP contribution is -2.46. The standard InChI is InChI=1S/C28H29ClF2N5O2P/c1-2-24-26(36-18-20(29)6-11-25(36)33-24)27(37)32-17-19-4-3-5-22(16-19)35-14-12-34(13-15-35)21-7-9-23(10-8-21)38-28(30,31)39/h3-11,16,18H,2,12-15,17,39H2,1H3,(H,32,37). The molecule has 1 aliphatic rings. The normalized spacial score (nSPS) is 14.1. The van der Waals surface area contributed by atoms with Crippen LogP contribution in [0, 0.1) is 0 Å². The molecular weight excluding hydrogens is 543 g/mol. The topological polar surface area (TPSA) is 62.1 Å². The summed E-state index contributed by atoms with van der Waals surface area (Å²) in [4.78, 5) is 22.2. The number of amides is 1. The first kappa shape index (κ1) is 27.2. The number of hydrogen-bond acceptors (Lipinski definition) is 5. The lowest BCUT2D eigenvalue weighted by molar-refractivity contribution is -0.0892. The number of aromatic nitrogens is 2. The number of imidazole rings is 1. The van der Waals surface area contributed by atoms with Crippen LogP contribution in [0.1, 0.15) is 28.7 Å². The highest BCUT2D eigenvalue weighted by Gasteiger charge is 2.24. The predicted molar refractivity (Wildman–Crippen MR) is 153 cm³/mol. The first-order chi connectivity index (χ1) is 18.7. The summed E-state index contributed by atoms with van der Waals surface area (Å²) < 4.78 is 32.4. The molecule has 1 N–H and O–H groups in total. The zero-order chi connectivity index (χ0) is 27.6. The van der Waals surface area contributed by atoms with Gasteiger partial charge in [0.15, 0.2) is 0 Å². The highest BCUT2D eigenvalue weighted by atomic mass is 35.5. The Morgan fingerprint density at radius 1 is 1.05 bits per heavy atom. The number of carbonyl (C=O) groups is 1. The van der Waals surface area contributed by atoms with Crippen LogP contribution in [0.5, 0.6) is 5.75 Å². The molecule has 7 nitrogen and oxygen atoms in total. The van der Waals surface area contributed by atoms with E-state index in [1.54, 1.807) is 47.0 Å². The molecular formula is C28H29ClF2N5O2P. The van der Waals surface area contributed by atoms with Crippen molar-refractivity contribution in [1.29, 1.82) is 0 Å². The maximum atomic E-state index is 13.2. The van der Waals surface area contributed by atoms with Gasteiger partial charge in [0.05, 0.1) is 10.7 Å². The summed E-state index contributed by atoms with van der Waals surface area (Å²) in [6, 6.07) is 18.4. The smallest absolute Gasteiger partial charge is 0.408 e. The number of anilines is 2. The molecule has 0 bridgehead atoms. The van der Waals surface area contributed by atoms with Crippen molar-refractivity contribution in [3.05, 3.63) is 88.8 Å². The lowest BCUT2D eigenvalue weighted by atomic mass is 10.1. The summed E-state index contributed by atoms with van der Waals surface area (Å²) in [6.45, 7) is 5.54. The fourth-order valence-electron chi connectivity index (χ4n) is 4.79. The summed E-state index contributed by atoms with van der Waals surface area (Å²) in [7, 11) is 1.37. The second-order valence-corrected chi connectivity index (χ2v) is 10.4. The number of nitrogens with zero attached hydrogens (tertiary/aromatic N) is 4. The molecule has 3 heterocycles. The van der Waals surface area contributed by atoms with Crippen LogP contribution in [0.3, 0.4) is 0 Å². The number of piperazine rings is 1. The van der Waals surface area contributed by atoms with Crippen molar-refractivity contribution < 1.29 is 18.3 Å². The maximum absolute atomic E-state index is 13.2. The molecule has 2 aromatic carbocycles. The van der Waals surface area contributed by atoms with E-state index in [-0.39, 0.29) is 11.7 Å². The molecule has 1 unspecified atom stereocenters. The van der Waals surface area contributed by atoms with Gasteiger partial charge < -0.3 is 19.9 Å². The molecule has 39 heavy (non-hydrogen) atoms. The van der Waals surface area contributed by atoms with Gasteiger partial charge in [-0.15, -0.1) is 0 Å². The van der Waals surface area contributed by atoms with Gasteiger partial charge in [0, 0.05) is 50.3 Å². The second kappa shape index (κ2) is 11.4. The first-order valence-corrected chi connectivity index (χ1v) is 13.6. The van der Waals surface area contributed by atoms with Gasteiger partial charge in [-0.05, 0) is 69.8 Å². The number of halogens is 3. The Morgan fingerprint density at radius 3 is 2.41 bits per heavy atom. The van der Waals surface area contributed by atoms with E-state index in [2.05, 4.69) is 37.0 Å². The summed E-state index contributed by atoms with van der Waals surface area (Å²) in [6.07, 6.45) is 2.35. The number of alkyl halides is 2. The third-order valence-electron chi connectivity index (χ3n) is 6.67. The van der Waals surface area contributed by atoms with Crippen molar-refractivity contribution in [1.82, 2.24) is 14.7 Å². The van der Waals surface area contributed by atoms with Crippen molar-refractivity contribution in [2.45, 2.75) is 25.7 Å². The number of rotatable bonds is 8. The Labute approximate surface area is 232 Å². The number of hydrogen-bond donors (Lipinski definition) is 1. The summed E-state index contributed by atoms with van der Waals surface area (Å²) >= 11 is 6.16. The number of benzene rings is 2. The molecule has 1 amide bonds. The number of aryl methyl sites for hydroxylation is 1. The average Bonchev–Trinajstić information content (AvgIpc) is 3.29. The predicted octanol–water partition coefficient (Wildman–Crippen LogP) is 5.61. The molecule has 0 spiro atoms. The van der Waals surface area contributed by atoms with Crippen LogP contribution in [-0.4, -0.2) is 47.3 Å². The van der Waals surface area contributed by atoms with Crippen LogP contribution < -0.4 is 19.9 Å². The van der Waals surface area contributed by atoms with E-state index in [0.717, 1.165) is 48.8 Å². The van der Waals surface area contributed by atoms with E-state index in [1.807, 2.05) is 19.1 Å². The molecule has 4 aromatic rings. The minimum Gasteiger partial charge on any atom is -0.430 e. The van der Waals surface area contributed by atoms with E-state index < -0.39 is 5.85 Å². The Morgan fingerprint density at radius 2 is 1.74 bits per heavy atom. The van der Waals surface area contributed by atoms with Crippen molar-refractivity contribution in [3.63, 3.8) is 0 Å². The van der Waals surface area contributed by atoms with Crippen LogP contribution in [0.25, 0.3) is 5.65 Å². The molecule has 1 aliphatic heterocycles. The fourth-order valence-corrected chi connectivity index (χ4v) is 5.09. The van der Waals surface area contributed by atoms with Gasteiger partial charge in [-0.2, -0.15) is 8.78 Å². The Balaban J connectivity index is 1.20.